The molecule has 1 aliphatic heterocycles. The van der Waals surface area contributed by atoms with Crippen molar-refractivity contribution >= 4 is 21.9 Å². The Hall–Kier alpha value is -2.91. The molecule has 2 aromatic carbocycles. The van der Waals surface area contributed by atoms with Crippen molar-refractivity contribution in [3.05, 3.63) is 59.7 Å². The number of piperidine rings is 1. The van der Waals surface area contributed by atoms with E-state index < -0.39 is 28.3 Å². The maximum absolute atomic E-state index is 12.7. The smallest absolute Gasteiger partial charge is 0.342 e. The average Bonchev–Trinajstić information content (AvgIpc) is 2.84. The molecule has 1 fully saturated rings. The van der Waals surface area contributed by atoms with Gasteiger partial charge in [-0.25, -0.2) is 13.2 Å². The van der Waals surface area contributed by atoms with E-state index in [1.54, 1.807) is 18.7 Å². The first-order valence-electron chi connectivity index (χ1n) is 11.6. The van der Waals surface area contributed by atoms with Crippen LogP contribution >= 0.6 is 0 Å². The molecule has 34 heavy (non-hydrogen) atoms. The van der Waals surface area contributed by atoms with Gasteiger partial charge < -0.3 is 14.7 Å². The van der Waals surface area contributed by atoms with Crippen molar-refractivity contribution in [2.45, 2.75) is 38.0 Å². The first kappa shape index (κ1) is 25.7. The lowest BCUT2D eigenvalue weighted by atomic mass is 9.90. The fraction of sp³-hybridized carbons (Fsp3) is 0.440. The van der Waals surface area contributed by atoms with E-state index in [0.29, 0.717) is 19.0 Å². The lowest BCUT2D eigenvalue weighted by Crippen LogP contribution is -2.41. The van der Waals surface area contributed by atoms with Crippen molar-refractivity contribution in [1.29, 1.82) is 0 Å². The summed E-state index contributed by atoms with van der Waals surface area (Å²) in [7, 11) is -3.81. The number of rotatable bonds is 9. The Morgan fingerprint density at radius 2 is 1.71 bits per heavy atom. The number of ether oxygens (including phenoxy) is 1. The number of phenolic OH excluding ortho intramolecular Hbond substituents is 1. The highest BCUT2D eigenvalue weighted by Gasteiger charge is 2.26. The summed E-state index contributed by atoms with van der Waals surface area (Å²) < 4.78 is 31.8. The third kappa shape index (κ3) is 6.15. The molecule has 0 atom stereocenters. The van der Waals surface area contributed by atoms with Gasteiger partial charge >= 0.3 is 5.97 Å². The topological polar surface area (TPSA) is 104 Å². The summed E-state index contributed by atoms with van der Waals surface area (Å²) in [4.78, 5) is 26.7. The molecule has 0 aromatic heterocycles. The van der Waals surface area contributed by atoms with Crippen LogP contribution in [0.4, 0.5) is 0 Å². The van der Waals surface area contributed by atoms with Gasteiger partial charge in [0.15, 0.2) is 6.61 Å². The van der Waals surface area contributed by atoms with Crippen LogP contribution in [0.2, 0.25) is 0 Å². The van der Waals surface area contributed by atoms with E-state index in [9.17, 15) is 23.1 Å². The normalized spacial score (nSPS) is 14.9. The number of carbonyl (C=O) groups is 2. The van der Waals surface area contributed by atoms with Gasteiger partial charge in [-0.2, -0.15) is 4.31 Å². The largest absolute Gasteiger partial charge is 0.507 e. The van der Waals surface area contributed by atoms with E-state index in [0.717, 1.165) is 31.4 Å². The van der Waals surface area contributed by atoms with E-state index in [2.05, 4.69) is 12.1 Å². The van der Waals surface area contributed by atoms with Gasteiger partial charge in [-0.1, -0.05) is 44.2 Å². The van der Waals surface area contributed by atoms with E-state index in [4.69, 9.17) is 4.74 Å². The van der Waals surface area contributed by atoms with Crippen molar-refractivity contribution in [3.63, 3.8) is 0 Å². The van der Waals surface area contributed by atoms with Gasteiger partial charge in [0.05, 0.1) is 4.90 Å². The third-order valence-electron chi connectivity index (χ3n) is 6.19. The number of amides is 1. The molecule has 0 unspecified atom stereocenters. The molecule has 2 aromatic rings. The predicted molar refractivity (Wildman–Crippen MR) is 128 cm³/mol. The van der Waals surface area contributed by atoms with Gasteiger partial charge in [0.2, 0.25) is 10.0 Å². The molecule has 1 aliphatic rings. The molecule has 0 bridgehead atoms. The second-order valence-electron chi connectivity index (χ2n) is 8.36. The maximum atomic E-state index is 12.7. The Morgan fingerprint density at radius 1 is 1.06 bits per heavy atom. The van der Waals surface area contributed by atoms with Gasteiger partial charge in [-0.3, -0.25) is 4.79 Å². The quantitative estimate of drug-likeness (QED) is 0.544. The standard InChI is InChI=1S/C25H32N2O6S/c1-3-27(4-2)34(31,32)21-10-11-23(28)22(17-21)25(30)33-18-24(29)26-14-12-20(13-15-26)16-19-8-6-5-7-9-19/h5-11,17,20,28H,3-4,12-16,18H2,1-2H3. The van der Waals surface area contributed by atoms with Crippen LogP contribution in [0.25, 0.3) is 0 Å². The van der Waals surface area contributed by atoms with Crippen LogP contribution in [0.3, 0.4) is 0 Å². The zero-order valence-corrected chi connectivity index (χ0v) is 20.5. The van der Waals surface area contributed by atoms with Crippen molar-refractivity contribution in [3.8, 4) is 5.75 Å². The van der Waals surface area contributed by atoms with Gasteiger partial charge in [-0.15, -0.1) is 0 Å². The fourth-order valence-electron chi connectivity index (χ4n) is 4.18. The lowest BCUT2D eigenvalue weighted by Gasteiger charge is -2.32. The second-order valence-corrected chi connectivity index (χ2v) is 10.3. The van der Waals surface area contributed by atoms with E-state index >= 15 is 0 Å². The first-order chi connectivity index (χ1) is 16.3. The molecule has 1 saturated heterocycles. The van der Waals surface area contributed by atoms with E-state index in [-0.39, 0.29) is 29.5 Å². The zero-order valence-electron chi connectivity index (χ0n) is 19.6. The number of sulfonamides is 1. The zero-order chi connectivity index (χ0) is 24.7. The molecule has 0 radical (unpaired) electrons. The number of hydrogen-bond donors (Lipinski definition) is 1. The molecule has 184 valence electrons. The van der Waals surface area contributed by atoms with Gasteiger partial charge in [0.25, 0.3) is 5.91 Å². The summed E-state index contributed by atoms with van der Waals surface area (Å²) in [6, 6.07) is 13.7. The number of hydrogen-bond acceptors (Lipinski definition) is 6. The van der Waals surface area contributed by atoms with Gasteiger partial charge in [-0.05, 0) is 48.9 Å². The monoisotopic (exact) mass is 488 g/mol. The molecule has 1 N–H and O–H groups in total. The molecule has 0 spiro atoms. The molecule has 1 amide bonds. The first-order valence-corrected chi connectivity index (χ1v) is 13.0. The second kappa shape index (κ2) is 11.5. The van der Waals surface area contributed by atoms with Crippen LogP contribution in [0, 0.1) is 5.92 Å². The summed E-state index contributed by atoms with van der Waals surface area (Å²) in [5.41, 5.74) is 0.994. The summed E-state index contributed by atoms with van der Waals surface area (Å²) in [6.07, 6.45) is 2.73. The van der Waals surface area contributed by atoms with Crippen molar-refractivity contribution in [1.82, 2.24) is 9.21 Å². The molecule has 9 heteroatoms. The van der Waals surface area contributed by atoms with Crippen molar-refractivity contribution in [2.75, 3.05) is 32.8 Å². The number of phenols is 1. The summed E-state index contributed by atoms with van der Waals surface area (Å²) >= 11 is 0. The van der Waals surface area contributed by atoms with E-state index in [1.165, 1.54) is 15.9 Å². The number of nitrogens with zero attached hydrogens (tertiary/aromatic N) is 2. The molecule has 1 heterocycles. The maximum Gasteiger partial charge on any atom is 0.342 e. The highest BCUT2D eigenvalue weighted by Crippen LogP contribution is 2.25. The summed E-state index contributed by atoms with van der Waals surface area (Å²) in [5.74, 6) is -1.15. The number of carbonyl (C=O) groups excluding carboxylic acids is 2. The van der Waals surface area contributed by atoms with Crippen molar-refractivity contribution in [2.24, 2.45) is 5.92 Å². The van der Waals surface area contributed by atoms with Gasteiger partial charge in [0.1, 0.15) is 11.3 Å². The number of benzene rings is 2. The Kier molecular flexibility index (Phi) is 8.68. The van der Waals surface area contributed by atoms with Crippen LogP contribution in [0.15, 0.2) is 53.4 Å². The number of esters is 1. The number of aromatic hydroxyl groups is 1. The SMILES string of the molecule is CCN(CC)S(=O)(=O)c1ccc(O)c(C(=O)OCC(=O)N2CCC(Cc3ccccc3)CC2)c1. The predicted octanol–water partition coefficient (Wildman–Crippen LogP) is 3.06. The lowest BCUT2D eigenvalue weighted by molar-refractivity contribution is -0.135. The molecular formula is C25H32N2O6S. The minimum absolute atomic E-state index is 0.118. The average molecular weight is 489 g/mol. The van der Waals surface area contributed by atoms with Crippen LogP contribution in [-0.2, 0) is 26.0 Å². The Bertz CT molecular complexity index is 1090. The molecular weight excluding hydrogens is 456 g/mol. The van der Waals surface area contributed by atoms with Crippen LogP contribution in [-0.4, -0.2) is 67.4 Å². The minimum Gasteiger partial charge on any atom is -0.507 e. The highest BCUT2D eigenvalue weighted by molar-refractivity contribution is 7.89. The highest BCUT2D eigenvalue weighted by atomic mass is 32.2. The molecule has 3 rings (SSSR count). The van der Waals surface area contributed by atoms with Crippen molar-refractivity contribution < 1.29 is 27.9 Å². The Balaban J connectivity index is 1.56. The minimum atomic E-state index is -3.81. The van der Waals surface area contributed by atoms with Crippen LogP contribution in [0.5, 0.6) is 5.75 Å². The Morgan fingerprint density at radius 3 is 2.32 bits per heavy atom. The van der Waals surface area contributed by atoms with Crippen LogP contribution in [0.1, 0.15) is 42.6 Å². The molecule has 0 aliphatic carbocycles. The molecule has 0 saturated carbocycles. The third-order valence-corrected chi connectivity index (χ3v) is 8.24. The molecule has 8 nitrogen and oxygen atoms in total. The summed E-state index contributed by atoms with van der Waals surface area (Å²) in [5, 5.41) is 10.1. The fourth-order valence-corrected chi connectivity index (χ4v) is 5.67. The number of likely N-dealkylation sites (tertiary alicyclic amines) is 1. The summed E-state index contributed by atoms with van der Waals surface area (Å²) in [6.45, 7) is 4.70. The Labute approximate surface area is 201 Å². The van der Waals surface area contributed by atoms with Crippen LogP contribution < -0.4 is 0 Å². The van der Waals surface area contributed by atoms with Gasteiger partial charge in [0, 0.05) is 26.2 Å². The van der Waals surface area contributed by atoms with E-state index in [1.807, 2.05) is 18.2 Å².